The van der Waals surface area contributed by atoms with Gasteiger partial charge >= 0.3 is 5.97 Å². The highest BCUT2D eigenvalue weighted by molar-refractivity contribution is 5.82. The Kier molecular flexibility index (Phi) is 3.22. The van der Waals surface area contributed by atoms with Gasteiger partial charge in [-0.25, -0.2) is 4.39 Å². The van der Waals surface area contributed by atoms with Crippen LogP contribution in [0.15, 0.2) is 30.5 Å². The summed E-state index contributed by atoms with van der Waals surface area (Å²) in [4.78, 5) is 16.0. The molecule has 5 rings (SSSR count). The number of rotatable bonds is 3. The van der Waals surface area contributed by atoms with Crippen LogP contribution >= 0.6 is 0 Å². The molecule has 130 valence electrons. The van der Waals surface area contributed by atoms with Crippen LogP contribution in [0.2, 0.25) is 0 Å². The highest BCUT2D eigenvalue weighted by Gasteiger charge is 2.59. The van der Waals surface area contributed by atoms with Gasteiger partial charge in [0.15, 0.2) is 0 Å². The largest absolute Gasteiger partial charge is 0.481 e. The van der Waals surface area contributed by atoms with Crippen LogP contribution in [0.4, 0.5) is 4.39 Å². The van der Waals surface area contributed by atoms with Gasteiger partial charge in [0.25, 0.3) is 0 Å². The van der Waals surface area contributed by atoms with Crippen molar-refractivity contribution in [3.63, 3.8) is 0 Å². The van der Waals surface area contributed by atoms with Crippen molar-refractivity contribution in [2.45, 2.75) is 44.4 Å². The highest BCUT2D eigenvalue weighted by Crippen LogP contribution is 2.63. The van der Waals surface area contributed by atoms with Gasteiger partial charge < -0.3 is 5.11 Å². The minimum absolute atomic E-state index is 0.211. The van der Waals surface area contributed by atoms with E-state index in [4.69, 9.17) is 0 Å². The molecular weight excluding hydrogens is 317 g/mol. The monoisotopic (exact) mass is 339 g/mol. The molecule has 4 atom stereocenters. The van der Waals surface area contributed by atoms with Crippen LogP contribution in [0.5, 0.6) is 0 Å². The third-order valence-corrected chi connectivity index (χ3v) is 7.19. The second-order valence-electron chi connectivity index (χ2n) is 8.38. The molecule has 0 aliphatic heterocycles. The molecule has 0 amide bonds. The smallest absolute Gasteiger partial charge is 0.309 e. The summed E-state index contributed by atoms with van der Waals surface area (Å²) in [5.41, 5.74) is 1.68. The fraction of sp³-hybridized carbons (Fsp3) is 0.524. The van der Waals surface area contributed by atoms with Crippen molar-refractivity contribution < 1.29 is 14.3 Å². The van der Waals surface area contributed by atoms with Crippen LogP contribution in [0, 0.1) is 29.0 Å². The van der Waals surface area contributed by atoms with Gasteiger partial charge in [-0.15, -0.1) is 0 Å². The number of benzene rings is 1. The van der Waals surface area contributed by atoms with E-state index in [1.165, 1.54) is 11.6 Å². The van der Waals surface area contributed by atoms with Crippen LogP contribution in [0.3, 0.4) is 0 Å². The Labute approximate surface area is 146 Å². The lowest BCUT2D eigenvalue weighted by Gasteiger charge is -2.21. The number of halogens is 1. The normalized spacial score (nSPS) is 32.7. The third kappa shape index (κ3) is 2.30. The first-order valence-corrected chi connectivity index (χ1v) is 9.34. The first kappa shape index (κ1) is 15.3. The summed E-state index contributed by atoms with van der Waals surface area (Å²) in [5.74, 6) is 1.28. The van der Waals surface area contributed by atoms with E-state index in [1.807, 2.05) is 12.3 Å². The number of hydrogen-bond donors (Lipinski definition) is 1. The first-order valence-electron chi connectivity index (χ1n) is 9.34. The fourth-order valence-electron chi connectivity index (χ4n) is 5.75. The summed E-state index contributed by atoms with van der Waals surface area (Å²) in [7, 11) is 0. The van der Waals surface area contributed by atoms with Crippen LogP contribution in [0.1, 0.15) is 50.0 Å². The van der Waals surface area contributed by atoms with Crippen molar-refractivity contribution in [3.05, 3.63) is 41.8 Å². The highest BCUT2D eigenvalue weighted by atomic mass is 19.1. The third-order valence-electron chi connectivity index (χ3n) is 7.19. The number of aromatic nitrogens is 1. The Morgan fingerprint density at radius 2 is 1.84 bits per heavy atom. The molecule has 3 nitrogen and oxygen atoms in total. The summed E-state index contributed by atoms with van der Waals surface area (Å²) < 4.78 is 13.7. The lowest BCUT2D eigenvalue weighted by atomic mass is 9.83. The Balaban J connectivity index is 1.39. The molecule has 3 fully saturated rings. The maximum absolute atomic E-state index is 13.7. The first-order chi connectivity index (χ1) is 12.1. The molecule has 4 heteroatoms. The topological polar surface area (TPSA) is 50.2 Å². The molecule has 1 heterocycles. The van der Waals surface area contributed by atoms with Gasteiger partial charge in [-0.2, -0.15) is 0 Å². The van der Waals surface area contributed by atoms with Crippen LogP contribution in [0.25, 0.3) is 10.9 Å². The predicted octanol–water partition coefficient (Wildman–Crippen LogP) is 4.76. The molecule has 2 aromatic rings. The van der Waals surface area contributed by atoms with Gasteiger partial charge in [-0.05, 0) is 92.0 Å². The lowest BCUT2D eigenvalue weighted by Crippen LogP contribution is -2.24. The number of aliphatic carboxylic acids is 1. The van der Waals surface area contributed by atoms with Crippen molar-refractivity contribution in [3.8, 4) is 0 Å². The average Bonchev–Trinajstić information content (AvgIpc) is 3.17. The van der Waals surface area contributed by atoms with E-state index < -0.39 is 11.4 Å². The van der Waals surface area contributed by atoms with E-state index in [-0.39, 0.29) is 5.82 Å². The van der Waals surface area contributed by atoms with E-state index in [1.54, 1.807) is 12.1 Å². The Bertz CT molecular complexity index is 846. The molecular formula is C21H22FNO2. The van der Waals surface area contributed by atoms with Gasteiger partial charge in [0.2, 0.25) is 0 Å². The van der Waals surface area contributed by atoms with E-state index in [9.17, 15) is 14.3 Å². The fourth-order valence-corrected chi connectivity index (χ4v) is 5.75. The number of pyridine rings is 1. The van der Waals surface area contributed by atoms with Crippen LogP contribution in [-0.2, 0) is 4.79 Å². The molecule has 0 radical (unpaired) electrons. The summed E-state index contributed by atoms with van der Waals surface area (Å²) in [6.07, 6.45) is 7.89. The van der Waals surface area contributed by atoms with E-state index in [0.29, 0.717) is 23.7 Å². The summed E-state index contributed by atoms with van der Waals surface area (Å²) >= 11 is 0. The van der Waals surface area contributed by atoms with E-state index in [0.717, 1.165) is 49.4 Å². The quantitative estimate of drug-likeness (QED) is 0.877. The molecule has 1 aromatic carbocycles. The molecule has 1 aromatic heterocycles. The van der Waals surface area contributed by atoms with Crippen molar-refractivity contribution in [2.24, 2.45) is 23.2 Å². The minimum Gasteiger partial charge on any atom is -0.481 e. The van der Waals surface area contributed by atoms with Gasteiger partial charge in [-0.3, -0.25) is 9.78 Å². The maximum atomic E-state index is 13.7. The minimum atomic E-state index is -0.579. The number of nitrogens with zero attached hydrogens (tertiary/aromatic N) is 1. The molecule has 1 N–H and O–H groups in total. The molecule has 0 spiro atoms. The number of carboxylic acids is 1. The number of hydrogen-bond acceptors (Lipinski definition) is 2. The van der Waals surface area contributed by atoms with Crippen molar-refractivity contribution in [2.75, 3.05) is 0 Å². The second-order valence-corrected chi connectivity index (χ2v) is 8.38. The van der Waals surface area contributed by atoms with Crippen molar-refractivity contribution >= 4 is 16.9 Å². The van der Waals surface area contributed by atoms with E-state index in [2.05, 4.69) is 4.98 Å². The Hall–Kier alpha value is -1.97. The SMILES string of the molecule is O=C(O)C1([C@@H]2C[C@H]3C[C@@H](c4ccnc5ccc(F)cc45)C[C@H]3C2)CC1. The predicted molar refractivity (Wildman–Crippen MR) is 92.7 cm³/mol. The number of carbonyl (C=O) groups is 1. The Morgan fingerprint density at radius 1 is 1.12 bits per heavy atom. The van der Waals surface area contributed by atoms with Crippen molar-refractivity contribution in [1.29, 1.82) is 0 Å². The van der Waals surface area contributed by atoms with Gasteiger partial charge in [0, 0.05) is 11.6 Å². The molecule has 3 saturated carbocycles. The Morgan fingerprint density at radius 3 is 2.48 bits per heavy atom. The summed E-state index contributed by atoms with van der Waals surface area (Å²) in [5, 5.41) is 10.5. The van der Waals surface area contributed by atoms with Gasteiger partial charge in [0.05, 0.1) is 10.9 Å². The standard InChI is InChI=1S/C21H22FNO2/c22-16-1-2-19-18(11-16)17(3-6-23-19)14-7-12-9-15(10-13(12)8-14)21(4-5-21)20(24)25/h1-3,6,11-15H,4-5,7-10H2,(H,24,25)/t12-,13+,14-,15-. The molecule has 25 heavy (non-hydrogen) atoms. The van der Waals surface area contributed by atoms with Crippen LogP contribution in [-0.4, -0.2) is 16.1 Å². The second kappa shape index (κ2) is 5.26. The molecule has 0 unspecified atom stereocenters. The van der Waals surface area contributed by atoms with E-state index >= 15 is 0 Å². The zero-order valence-corrected chi connectivity index (χ0v) is 14.1. The number of carboxylic acid groups (broad SMARTS) is 1. The van der Waals surface area contributed by atoms with Crippen LogP contribution < -0.4 is 0 Å². The molecule has 0 bridgehead atoms. The lowest BCUT2D eigenvalue weighted by molar-refractivity contribution is -0.145. The zero-order chi connectivity index (χ0) is 17.2. The van der Waals surface area contributed by atoms with Crippen molar-refractivity contribution in [1.82, 2.24) is 4.98 Å². The average molecular weight is 339 g/mol. The molecule has 0 saturated heterocycles. The molecule has 3 aliphatic rings. The number of fused-ring (bicyclic) bond motifs is 2. The maximum Gasteiger partial charge on any atom is 0.309 e. The summed E-state index contributed by atoms with van der Waals surface area (Å²) in [6.45, 7) is 0. The zero-order valence-electron chi connectivity index (χ0n) is 14.1. The van der Waals surface area contributed by atoms with Gasteiger partial charge in [0.1, 0.15) is 5.82 Å². The summed E-state index contributed by atoms with van der Waals surface area (Å²) in [6, 6.07) is 6.88. The molecule has 3 aliphatic carbocycles. The van der Waals surface area contributed by atoms with Gasteiger partial charge in [-0.1, -0.05) is 0 Å².